The molecule has 0 radical (unpaired) electrons. The summed E-state index contributed by atoms with van der Waals surface area (Å²) < 4.78 is 5.06. The van der Waals surface area contributed by atoms with E-state index in [1.54, 1.807) is 11.8 Å². The summed E-state index contributed by atoms with van der Waals surface area (Å²) in [4.78, 5) is 29.1. The lowest BCUT2D eigenvalue weighted by atomic mass is 9.94. The van der Waals surface area contributed by atoms with E-state index in [1.807, 2.05) is 13.1 Å². The van der Waals surface area contributed by atoms with Gasteiger partial charge in [-0.15, -0.1) is 0 Å². The van der Waals surface area contributed by atoms with Gasteiger partial charge in [-0.05, 0) is 25.3 Å². The van der Waals surface area contributed by atoms with Gasteiger partial charge in [0.2, 0.25) is 5.91 Å². The van der Waals surface area contributed by atoms with E-state index in [1.165, 1.54) is 0 Å². The van der Waals surface area contributed by atoms with Gasteiger partial charge in [0.15, 0.2) is 0 Å². The Balaban J connectivity index is 2.37. The zero-order valence-corrected chi connectivity index (χ0v) is 12.4. The minimum absolute atomic E-state index is 0.0369. The smallest absolute Gasteiger partial charge is 0.356 e. The van der Waals surface area contributed by atoms with Crippen LogP contribution in [0.3, 0.4) is 0 Å². The summed E-state index contributed by atoms with van der Waals surface area (Å²) in [7, 11) is 0. The predicted octanol–water partition coefficient (Wildman–Crippen LogP) is 2.52. The highest BCUT2D eigenvalue weighted by Gasteiger charge is 2.34. The molecular formula is C15H22N2O3. The number of aromatic amines is 1. The van der Waals surface area contributed by atoms with E-state index >= 15 is 0 Å². The number of hydrogen-bond donors (Lipinski definition) is 1. The van der Waals surface area contributed by atoms with Crippen LogP contribution in [0.15, 0.2) is 6.20 Å². The summed E-state index contributed by atoms with van der Waals surface area (Å²) in [5.74, 6) is -0.334. The fourth-order valence-corrected chi connectivity index (χ4v) is 2.61. The second-order valence-corrected chi connectivity index (χ2v) is 5.21. The number of rotatable bonds is 5. The molecule has 5 nitrogen and oxygen atoms in total. The molecule has 0 spiro atoms. The van der Waals surface area contributed by atoms with Crippen molar-refractivity contribution in [2.75, 3.05) is 18.1 Å². The fraction of sp³-hybridized carbons (Fsp3) is 0.600. The Labute approximate surface area is 119 Å². The van der Waals surface area contributed by atoms with Crippen molar-refractivity contribution in [3.8, 4) is 0 Å². The first-order valence-corrected chi connectivity index (χ1v) is 7.28. The van der Waals surface area contributed by atoms with Crippen LogP contribution in [0.5, 0.6) is 0 Å². The monoisotopic (exact) mass is 278 g/mol. The Morgan fingerprint density at radius 1 is 1.50 bits per heavy atom. The largest absolute Gasteiger partial charge is 0.461 e. The quantitative estimate of drug-likeness (QED) is 0.842. The van der Waals surface area contributed by atoms with Crippen molar-refractivity contribution in [1.29, 1.82) is 0 Å². The number of hydrogen-bond acceptors (Lipinski definition) is 3. The number of unbranched alkanes of at least 4 members (excludes halogenated alkanes) is 1. The fourth-order valence-electron chi connectivity index (χ4n) is 2.61. The van der Waals surface area contributed by atoms with Crippen LogP contribution in [0.25, 0.3) is 0 Å². The predicted molar refractivity (Wildman–Crippen MR) is 76.9 cm³/mol. The zero-order valence-electron chi connectivity index (χ0n) is 12.4. The first kappa shape index (κ1) is 14.6. The molecule has 0 saturated heterocycles. The van der Waals surface area contributed by atoms with Crippen molar-refractivity contribution >= 4 is 17.6 Å². The Morgan fingerprint density at radius 3 is 2.90 bits per heavy atom. The van der Waals surface area contributed by atoms with Crippen LogP contribution in [0, 0.1) is 5.92 Å². The molecule has 1 aliphatic heterocycles. The molecular weight excluding hydrogens is 256 g/mol. The van der Waals surface area contributed by atoms with Gasteiger partial charge in [-0.2, -0.15) is 0 Å². The molecule has 1 aromatic rings. The molecule has 1 unspecified atom stereocenters. The number of nitrogens with zero attached hydrogens (tertiary/aromatic N) is 1. The van der Waals surface area contributed by atoms with E-state index in [9.17, 15) is 9.59 Å². The summed E-state index contributed by atoms with van der Waals surface area (Å²) >= 11 is 0. The van der Waals surface area contributed by atoms with Crippen LogP contribution >= 0.6 is 0 Å². The Kier molecular flexibility index (Phi) is 4.47. The number of esters is 1. The normalized spacial score (nSPS) is 18.1. The molecule has 20 heavy (non-hydrogen) atoms. The van der Waals surface area contributed by atoms with Crippen molar-refractivity contribution in [2.24, 2.45) is 5.92 Å². The van der Waals surface area contributed by atoms with Crippen molar-refractivity contribution in [3.05, 3.63) is 17.5 Å². The summed E-state index contributed by atoms with van der Waals surface area (Å²) in [6.07, 6.45) is 4.42. The van der Waals surface area contributed by atoms with Crippen molar-refractivity contribution in [1.82, 2.24) is 4.98 Å². The number of anilines is 1. The molecule has 1 N–H and O–H groups in total. The first-order chi connectivity index (χ1) is 9.60. The van der Waals surface area contributed by atoms with Gasteiger partial charge in [-0.1, -0.05) is 20.3 Å². The number of nitrogens with one attached hydrogen (secondary N) is 1. The summed E-state index contributed by atoms with van der Waals surface area (Å²) in [5, 5.41) is 0. The minimum Gasteiger partial charge on any atom is -0.461 e. The number of ether oxygens (including phenoxy) is 1. The van der Waals surface area contributed by atoms with Crippen LogP contribution in [-0.4, -0.2) is 30.0 Å². The number of carbonyl (C=O) groups is 2. The molecule has 1 amide bonds. The van der Waals surface area contributed by atoms with Crippen molar-refractivity contribution in [2.45, 2.75) is 40.0 Å². The van der Waals surface area contributed by atoms with Crippen LogP contribution in [-0.2, 0) is 16.0 Å². The number of amides is 1. The van der Waals surface area contributed by atoms with Crippen molar-refractivity contribution in [3.63, 3.8) is 0 Å². The standard InChI is InChI=1S/C15H22N2O3/c1-4-6-7-17-13-11(8-10(3)14(17)18)9-16-12(13)15(19)20-5-2/h9-10,16H,4-8H2,1-3H3. The number of fused-ring (bicyclic) bond motifs is 1. The maximum atomic E-state index is 12.4. The third-order valence-corrected chi connectivity index (χ3v) is 3.63. The van der Waals surface area contributed by atoms with Gasteiger partial charge in [-0.3, -0.25) is 4.79 Å². The highest BCUT2D eigenvalue weighted by molar-refractivity contribution is 6.05. The minimum atomic E-state index is -0.391. The number of H-pyrrole nitrogens is 1. The maximum absolute atomic E-state index is 12.4. The van der Waals surface area contributed by atoms with Crippen LogP contribution in [0.2, 0.25) is 0 Å². The van der Waals surface area contributed by atoms with Gasteiger partial charge < -0.3 is 14.6 Å². The molecule has 5 heteroatoms. The lowest BCUT2D eigenvalue weighted by Crippen LogP contribution is -2.41. The first-order valence-electron chi connectivity index (χ1n) is 7.28. The lowest BCUT2D eigenvalue weighted by molar-refractivity contribution is -0.122. The van der Waals surface area contributed by atoms with Crippen LogP contribution < -0.4 is 4.90 Å². The Morgan fingerprint density at radius 2 is 2.25 bits per heavy atom. The van der Waals surface area contributed by atoms with E-state index in [0.717, 1.165) is 24.1 Å². The molecule has 2 rings (SSSR count). The molecule has 1 aliphatic rings. The molecule has 2 heterocycles. The SMILES string of the molecule is CCCCN1C(=O)C(C)Cc2c[nH]c(C(=O)OCC)c21. The van der Waals surface area contributed by atoms with Gasteiger partial charge in [0.05, 0.1) is 12.3 Å². The van der Waals surface area contributed by atoms with E-state index in [2.05, 4.69) is 11.9 Å². The van der Waals surface area contributed by atoms with Gasteiger partial charge in [0.25, 0.3) is 0 Å². The molecule has 0 saturated carbocycles. The second kappa shape index (κ2) is 6.11. The van der Waals surface area contributed by atoms with E-state index in [4.69, 9.17) is 4.74 Å². The highest BCUT2D eigenvalue weighted by atomic mass is 16.5. The molecule has 0 aliphatic carbocycles. The zero-order chi connectivity index (χ0) is 14.7. The molecule has 110 valence electrons. The van der Waals surface area contributed by atoms with Gasteiger partial charge in [0, 0.05) is 18.7 Å². The average Bonchev–Trinajstić information content (AvgIpc) is 2.83. The average molecular weight is 278 g/mol. The van der Waals surface area contributed by atoms with Gasteiger partial charge >= 0.3 is 5.97 Å². The van der Waals surface area contributed by atoms with E-state index < -0.39 is 5.97 Å². The maximum Gasteiger partial charge on any atom is 0.356 e. The summed E-state index contributed by atoms with van der Waals surface area (Å²) in [6, 6.07) is 0. The molecule has 0 bridgehead atoms. The number of carbonyl (C=O) groups excluding carboxylic acids is 2. The van der Waals surface area contributed by atoms with Crippen LogP contribution in [0.1, 0.15) is 49.7 Å². The highest BCUT2D eigenvalue weighted by Crippen LogP contribution is 2.34. The van der Waals surface area contributed by atoms with Gasteiger partial charge in [0.1, 0.15) is 5.69 Å². The summed E-state index contributed by atoms with van der Waals surface area (Å²) in [6.45, 7) is 6.77. The third-order valence-electron chi connectivity index (χ3n) is 3.63. The van der Waals surface area contributed by atoms with E-state index in [-0.39, 0.29) is 11.8 Å². The Bertz CT molecular complexity index is 507. The summed E-state index contributed by atoms with van der Waals surface area (Å²) in [5.41, 5.74) is 2.15. The Hall–Kier alpha value is -1.78. The van der Waals surface area contributed by atoms with Crippen molar-refractivity contribution < 1.29 is 14.3 Å². The third kappa shape index (κ3) is 2.57. The molecule has 1 atom stereocenters. The lowest BCUT2D eigenvalue weighted by Gasteiger charge is -2.31. The number of aromatic nitrogens is 1. The van der Waals surface area contributed by atoms with Crippen LogP contribution in [0.4, 0.5) is 5.69 Å². The van der Waals surface area contributed by atoms with E-state index in [0.29, 0.717) is 25.3 Å². The topological polar surface area (TPSA) is 62.4 Å². The molecule has 1 aromatic heterocycles. The second-order valence-electron chi connectivity index (χ2n) is 5.21. The molecule has 0 aromatic carbocycles. The molecule has 0 fully saturated rings. The van der Waals surface area contributed by atoms with Gasteiger partial charge in [-0.25, -0.2) is 4.79 Å².